The van der Waals surface area contributed by atoms with Gasteiger partial charge in [0.1, 0.15) is 11.5 Å². The van der Waals surface area contributed by atoms with Crippen molar-refractivity contribution in [3.05, 3.63) is 23.7 Å². The van der Waals surface area contributed by atoms with Gasteiger partial charge >= 0.3 is 0 Å². The number of amides is 1. The molecule has 0 aliphatic carbocycles. The Hall–Kier alpha value is -1.38. The highest BCUT2D eigenvalue weighted by Gasteiger charge is 2.37. The summed E-state index contributed by atoms with van der Waals surface area (Å²) < 4.78 is 35.0. The Kier molecular flexibility index (Phi) is 4.74. The molecule has 2 aliphatic rings. The minimum Gasteiger partial charge on any atom is -0.464 e. The van der Waals surface area contributed by atoms with Crippen molar-refractivity contribution in [1.29, 1.82) is 0 Å². The number of aryl methyl sites for hydroxylation is 1. The third kappa shape index (κ3) is 3.59. The number of carbonyl (C=O) groups excluding carboxylic acids is 1. The Balaban J connectivity index is 1.66. The van der Waals surface area contributed by atoms with Crippen LogP contribution in [0.4, 0.5) is 0 Å². The lowest BCUT2D eigenvalue weighted by atomic mass is 10.2. The van der Waals surface area contributed by atoms with Crippen molar-refractivity contribution >= 4 is 16.1 Å². The van der Waals surface area contributed by atoms with Gasteiger partial charge in [-0.3, -0.25) is 4.79 Å². The van der Waals surface area contributed by atoms with E-state index >= 15 is 0 Å². The van der Waals surface area contributed by atoms with Crippen LogP contribution in [0.2, 0.25) is 0 Å². The Morgan fingerprint density at radius 2 is 2.22 bits per heavy atom. The zero-order valence-electron chi connectivity index (χ0n) is 13.2. The van der Waals surface area contributed by atoms with E-state index in [9.17, 15) is 13.2 Å². The molecule has 0 spiro atoms. The van der Waals surface area contributed by atoms with Crippen LogP contribution in [-0.2, 0) is 21.4 Å². The van der Waals surface area contributed by atoms with Crippen LogP contribution < -0.4 is 10.0 Å². The van der Waals surface area contributed by atoms with Gasteiger partial charge in [-0.15, -0.1) is 0 Å². The summed E-state index contributed by atoms with van der Waals surface area (Å²) in [5.74, 6) is 1.56. The van der Waals surface area contributed by atoms with Gasteiger partial charge in [0, 0.05) is 32.0 Å². The molecule has 0 saturated carbocycles. The van der Waals surface area contributed by atoms with Gasteiger partial charge in [-0.1, -0.05) is 6.92 Å². The normalized spacial score (nSPS) is 25.9. The standard InChI is InChI=1S/C15H23N3O4S/c1-2-12-6-7-14(22-12)13-4-3-9-18(13)23(20,21)16-10-11-5-8-15(19)17-11/h6-7,11,13,16H,2-5,8-10H2,1H3,(H,17,19)/t11-,13-/m1/s1. The van der Waals surface area contributed by atoms with Gasteiger partial charge in [-0.05, 0) is 31.4 Å². The van der Waals surface area contributed by atoms with Crippen molar-refractivity contribution in [2.75, 3.05) is 13.1 Å². The second-order valence-electron chi connectivity index (χ2n) is 6.08. The van der Waals surface area contributed by atoms with Crippen molar-refractivity contribution < 1.29 is 17.6 Å². The second-order valence-corrected chi connectivity index (χ2v) is 7.79. The first-order chi connectivity index (χ1) is 11.0. The molecule has 7 nitrogen and oxygen atoms in total. The fourth-order valence-corrected chi connectivity index (χ4v) is 4.69. The van der Waals surface area contributed by atoms with Crippen molar-refractivity contribution in [2.45, 2.75) is 51.1 Å². The molecule has 0 radical (unpaired) electrons. The fourth-order valence-electron chi connectivity index (χ4n) is 3.20. The highest BCUT2D eigenvalue weighted by molar-refractivity contribution is 7.87. The molecule has 0 aromatic carbocycles. The van der Waals surface area contributed by atoms with E-state index in [1.165, 1.54) is 4.31 Å². The number of hydrogen-bond acceptors (Lipinski definition) is 4. The molecular formula is C15H23N3O4S. The smallest absolute Gasteiger partial charge is 0.280 e. The molecule has 1 amide bonds. The van der Waals surface area contributed by atoms with Gasteiger partial charge < -0.3 is 9.73 Å². The third-order valence-electron chi connectivity index (χ3n) is 4.47. The predicted octanol–water partition coefficient (Wildman–Crippen LogP) is 1.09. The second kappa shape index (κ2) is 6.62. The van der Waals surface area contributed by atoms with Crippen molar-refractivity contribution in [3.8, 4) is 0 Å². The minimum absolute atomic E-state index is 0.0177. The third-order valence-corrected chi connectivity index (χ3v) is 6.05. The quantitative estimate of drug-likeness (QED) is 0.810. The van der Waals surface area contributed by atoms with E-state index in [4.69, 9.17) is 4.42 Å². The van der Waals surface area contributed by atoms with E-state index < -0.39 is 10.2 Å². The molecule has 0 bridgehead atoms. The molecule has 2 aliphatic heterocycles. The summed E-state index contributed by atoms with van der Waals surface area (Å²) in [5, 5.41) is 2.77. The molecule has 3 heterocycles. The molecule has 2 atom stereocenters. The monoisotopic (exact) mass is 341 g/mol. The average molecular weight is 341 g/mol. The number of carbonyl (C=O) groups is 1. The fraction of sp³-hybridized carbons (Fsp3) is 0.667. The van der Waals surface area contributed by atoms with Crippen LogP contribution in [0.3, 0.4) is 0 Å². The summed E-state index contributed by atoms with van der Waals surface area (Å²) >= 11 is 0. The Morgan fingerprint density at radius 1 is 1.39 bits per heavy atom. The van der Waals surface area contributed by atoms with Crippen LogP contribution in [0.15, 0.2) is 16.5 Å². The van der Waals surface area contributed by atoms with Crippen molar-refractivity contribution in [2.24, 2.45) is 0 Å². The Bertz CT molecular complexity index is 670. The Labute approximate surface area is 136 Å². The SMILES string of the molecule is CCc1ccc([C@H]2CCCN2S(=O)(=O)NC[C@H]2CCC(=O)N2)o1. The summed E-state index contributed by atoms with van der Waals surface area (Å²) in [6.45, 7) is 2.72. The van der Waals surface area contributed by atoms with Crippen LogP contribution in [-0.4, -0.2) is 37.8 Å². The van der Waals surface area contributed by atoms with Gasteiger partial charge in [-0.2, -0.15) is 12.7 Å². The highest BCUT2D eigenvalue weighted by atomic mass is 32.2. The Morgan fingerprint density at radius 3 is 2.87 bits per heavy atom. The zero-order chi connectivity index (χ0) is 16.4. The van der Waals surface area contributed by atoms with Gasteiger partial charge in [-0.25, -0.2) is 4.72 Å². The number of rotatable bonds is 6. The first kappa shape index (κ1) is 16.5. The van der Waals surface area contributed by atoms with E-state index in [1.807, 2.05) is 19.1 Å². The molecule has 3 rings (SSSR count). The molecule has 1 aromatic heterocycles. The lowest BCUT2D eigenvalue weighted by Gasteiger charge is -2.23. The lowest BCUT2D eigenvalue weighted by molar-refractivity contribution is -0.119. The molecule has 2 N–H and O–H groups in total. The van der Waals surface area contributed by atoms with Crippen LogP contribution in [0.25, 0.3) is 0 Å². The summed E-state index contributed by atoms with van der Waals surface area (Å²) in [5.41, 5.74) is 0. The maximum absolute atomic E-state index is 12.6. The lowest BCUT2D eigenvalue weighted by Crippen LogP contribution is -2.45. The van der Waals surface area contributed by atoms with E-state index in [0.717, 1.165) is 25.0 Å². The van der Waals surface area contributed by atoms with Crippen molar-refractivity contribution in [3.63, 3.8) is 0 Å². The van der Waals surface area contributed by atoms with E-state index in [-0.39, 0.29) is 24.5 Å². The van der Waals surface area contributed by atoms with E-state index in [0.29, 0.717) is 25.1 Å². The topological polar surface area (TPSA) is 91.7 Å². The number of hydrogen-bond donors (Lipinski definition) is 2. The number of furan rings is 1. The molecule has 0 unspecified atom stereocenters. The highest BCUT2D eigenvalue weighted by Crippen LogP contribution is 2.34. The van der Waals surface area contributed by atoms with E-state index in [2.05, 4.69) is 10.0 Å². The summed E-state index contributed by atoms with van der Waals surface area (Å²) in [4.78, 5) is 11.2. The number of nitrogens with one attached hydrogen (secondary N) is 2. The maximum atomic E-state index is 12.6. The maximum Gasteiger partial charge on any atom is 0.280 e. The van der Waals surface area contributed by atoms with Gasteiger partial charge in [0.25, 0.3) is 10.2 Å². The average Bonchev–Trinajstić information content (AvgIpc) is 3.24. The molecule has 23 heavy (non-hydrogen) atoms. The molecular weight excluding hydrogens is 318 g/mol. The summed E-state index contributed by atoms with van der Waals surface area (Å²) in [6, 6.07) is 3.41. The van der Waals surface area contributed by atoms with Gasteiger partial charge in [0.15, 0.2) is 0 Å². The number of nitrogens with zero attached hydrogens (tertiary/aromatic N) is 1. The summed E-state index contributed by atoms with van der Waals surface area (Å²) in [7, 11) is -3.59. The molecule has 1 aromatic rings. The van der Waals surface area contributed by atoms with Crippen LogP contribution in [0, 0.1) is 0 Å². The van der Waals surface area contributed by atoms with E-state index in [1.54, 1.807) is 0 Å². The molecule has 2 saturated heterocycles. The van der Waals surface area contributed by atoms with Crippen LogP contribution >= 0.6 is 0 Å². The molecule has 8 heteroatoms. The first-order valence-electron chi connectivity index (χ1n) is 8.14. The molecule has 128 valence electrons. The van der Waals surface area contributed by atoms with Gasteiger partial charge in [0.05, 0.1) is 6.04 Å². The summed E-state index contributed by atoms with van der Waals surface area (Å²) in [6.07, 6.45) is 3.50. The first-order valence-corrected chi connectivity index (χ1v) is 9.58. The van der Waals surface area contributed by atoms with Gasteiger partial charge in [0.2, 0.25) is 5.91 Å². The van der Waals surface area contributed by atoms with Crippen LogP contribution in [0.1, 0.15) is 50.2 Å². The van der Waals surface area contributed by atoms with Crippen LogP contribution in [0.5, 0.6) is 0 Å². The minimum atomic E-state index is -3.59. The predicted molar refractivity (Wildman–Crippen MR) is 84.9 cm³/mol. The van der Waals surface area contributed by atoms with Crippen molar-refractivity contribution in [1.82, 2.24) is 14.3 Å². The molecule has 2 fully saturated rings. The zero-order valence-corrected chi connectivity index (χ0v) is 14.1. The largest absolute Gasteiger partial charge is 0.464 e.